The molecule has 6 nitrogen and oxygen atoms in total. The van der Waals surface area contributed by atoms with Crippen LogP contribution in [0.4, 0.5) is 4.39 Å². The molecule has 2 N–H and O–H groups in total. The molecule has 0 aliphatic rings. The van der Waals surface area contributed by atoms with Crippen LogP contribution in [0, 0.1) is 0 Å². The first-order valence-electron chi connectivity index (χ1n) is 8.91. The van der Waals surface area contributed by atoms with Gasteiger partial charge < -0.3 is 20.1 Å². The minimum Gasteiger partial charge on any atom is -0.382 e. The Bertz CT molecular complexity index is 753. The first-order valence-corrected chi connectivity index (χ1v) is 8.91. The minimum absolute atomic E-state index is 0.0908. The van der Waals surface area contributed by atoms with Crippen molar-refractivity contribution in [3.63, 3.8) is 0 Å². The molecule has 2 amide bonds. The second-order valence-electron chi connectivity index (χ2n) is 6.28. The predicted molar refractivity (Wildman–Crippen MR) is 103 cm³/mol. The number of methoxy groups -OCH3 is 1. The Kier molecular flexibility index (Phi) is 8.58. The third kappa shape index (κ3) is 7.09. The standard InChI is InChI=1S/C21H25FN2O4/c1-15(25)24-19(14-27-2)21(26)23-12-16-8-10-17(11-9-16)13-28-20(22)18-6-4-3-5-7-18/h3-11,19-20H,12-14H2,1-2H3,(H,23,26)(H,24,25). The first-order chi connectivity index (χ1) is 13.5. The molecular formula is C21H25FN2O4. The molecule has 0 fully saturated rings. The number of carbonyl (C=O) groups excluding carboxylic acids is 2. The van der Waals surface area contributed by atoms with E-state index in [0.29, 0.717) is 12.1 Å². The SMILES string of the molecule is COCC(NC(C)=O)C(=O)NCc1ccc(COC(F)c2ccccc2)cc1. The number of hydrogen-bond donors (Lipinski definition) is 2. The fraction of sp³-hybridized carbons (Fsp3) is 0.333. The lowest BCUT2D eigenvalue weighted by Gasteiger charge is -2.16. The van der Waals surface area contributed by atoms with E-state index in [1.807, 2.05) is 30.3 Å². The fourth-order valence-electron chi connectivity index (χ4n) is 2.53. The molecule has 0 saturated carbocycles. The number of benzene rings is 2. The van der Waals surface area contributed by atoms with E-state index in [1.165, 1.54) is 14.0 Å². The highest BCUT2D eigenvalue weighted by Gasteiger charge is 2.18. The van der Waals surface area contributed by atoms with Crippen LogP contribution in [0.3, 0.4) is 0 Å². The summed E-state index contributed by atoms with van der Waals surface area (Å²) in [6.07, 6.45) is -1.48. The molecular weight excluding hydrogens is 363 g/mol. The maximum absolute atomic E-state index is 14.0. The summed E-state index contributed by atoms with van der Waals surface area (Å²) in [6, 6.07) is 15.3. The Hall–Kier alpha value is -2.77. The van der Waals surface area contributed by atoms with Gasteiger partial charge in [-0.15, -0.1) is 0 Å². The molecule has 0 bridgehead atoms. The summed E-state index contributed by atoms with van der Waals surface area (Å²) in [4.78, 5) is 23.3. The van der Waals surface area contributed by atoms with E-state index in [0.717, 1.165) is 11.1 Å². The van der Waals surface area contributed by atoms with Gasteiger partial charge in [-0.1, -0.05) is 54.6 Å². The number of ether oxygens (including phenoxy) is 2. The summed E-state index contributed by atoms with van der Waals surface area (Å²) >= 11 is 0. The zero-order valence-corrected chi connectivity index (χ0v) is 16.0. The highest BCUT2D eigenvalue weighted by Crippen LogP contribution is 2.20. The van der Waals surface area contributed by atoms with Gasteiger partial charge in [0, 0.05) is 26.1 Å². The summed E-state index contributed by atoms with van der Waals surface area (Å²) in [5.41, 5.74) is 2.17. The van der Waals surface area contributed by atoms with Gasteiger partial charge in [0.1, 0.15) is 6.04 Å². The van der Waals surface area contributed by atoms with Crippen LogP contribution >= 0.6 is 0 Å². The smallest absolute Gasteiger partial charge is 0.245 e. The highest BCUT2D eigenvalue weighted by atomic mass is 19.1. The second kappa shape index (κ2) is 11.2. The van der Waals surface area contributed by atoms with E-state index < -0.39 is 12.4 Å². The summed E-state index contributed by atoms with van der Waals surface area (Å²) < 4.78 is 24.2. The number of carbonyl (C=O) groups is 2. The molecule has 2 atom stereocenters. The molecule has 0 spiro atoms. The molecule has 0 aliphatic heterocycles. The third-order valence-electron chi connectivity index (χ3n) is 3.98. The van der Waals surface area contributed by atoms with Crippen molar-refractivity contribution in [2.75, 3.05) is 13.7 Å². The van der Waals surface area contributed by atoms with Gasteiger partial charge >= 0.3 is 0 Å². The number of hydrogen-bond acceptors (Lipinski definition) is 4. The monoisotopic (exact) mass is 388 g/mol. The second-order valence-corrected chi connectivity index (χ2v) is 6.28. The van der Waals surface area contributed by atoms with Crippen molar-refractivity contribution in [2.24, 2.45) is 0 Å². The van der Waals surface area contributed by atoms with Crippen LogP contribution in [-0.2, 0) is 32.2 Å². The zero-order chi connectivity index (χ0) is 20.4. The lowest BCUT2D eigenvalue weighted by molar-refractivity contribution is -0.129. The normalized spacial score (nSPS) is 12.8. The molecule has 0 radical (unpaired) electrons. The Labute approximate surface area is 164 Å². The number of alkyl halides is 1. The van der Waals surface area contributed by atoms with Crippen LogP contribution in [0.15, 0.2) is 54.6 Å². The Morgan fingerprint density at radius 3 is 2.29 bits per heavy atom. The molecule has 0 heterocycles. The lowest BCUT2D eigenvalue weighted by atomic mass is 10.1. The topological polar surface area (TPSA) is 76.7 Å². The van der Waals surface area contributed by atoms with Crippen LogP contribution < -0.4 is 10.6 Å². The number of nitrogens with one attached hydrogen (secondary N) is 2. The first kappa shape index (κ1) is 21.5. The average Bonchev–Trinajstić information content (AvgIpc) is 2.71. The summed E-state index contributed by atoms with van der Waals surface area (Å²) in [7, 11) is 1.46. The molecule has 150 valence electrons. The molecule has 2 aromatic rings. The molecule has 7 heteroatoms. The van der Waals surface area contributed by atoms with E-state index in [1.54, 1.807) is 24.3 Å². The van der Waals surface area contributed by atoms with E-state index in [4.69, 9.17) is 9.47 Å². The molecule has 2 unspecified atom stereocenters. The third-order valence-corrected chi connectivity index (χ3v) is 3.98. The van der Waals surface area contributed by atoms with E-state index in [-0.39, 0.29) is 25.0 Å². The Morgan fingerprint density at radius 1 is 1.04 bits per heavy atom. The quantitative estimate of drug-likeness (QED) is 0.656. The Balaban J connectivity index is 1.81. The fourth-order valence-corrected chi connectivity index (χ4v) is 2.53. The van der Waals surface area contributed by atoms with Gasteiger partial charge in [0.15, 0.2) is 0 Å². The van der Waals surface area contributed by atoms with Gasteiger partial charge in [-0.25, -0.2) is 4.39 Å². The molecule has 0 saturated heterocycles. The van der Waals surface area contributed by atoms with Gasteiger partial charge in [0.25, 0.3) is 0 Å². The maximum atomic E-state index is 14.0. The van der Waals surface area contributed by atoms with Crippen molar-refractivity contribution >= 4 is 11.8 Å². The van der Waals surface area contributed by atoms with E-state index in [2.05, 4.69) is 10.6 Å². The molecule has 2 rings (SSSR count). The van der Waals surface area contributed by atoms with E-state index in [9.17, 15) is 14.0 Å². The van der Waals surface area contributed by atoms with Crippen molar-refractivity contribution in [1.29, 1.82) is 0 Å². The lowest BCUT2D eigenvalue weighted by Crippen LogP contribution is -2.48. The summed E-state index contributed by atoms with van der Waals surface area (Å²) in [6.45, 7) is 1.88. The van der Waals surface area contributed by atoms with Crippen molar-refractivity contribution in [3.8, 4) is 0 Å². The van der Waals surface area contributed by atoms with Gasteiger partial charge in [-0.3, -0.25) is 9.59 Å². The van der Waals surface area contributed by atoms with Crippen LogP contribution in [0.25, 0.3) is 0 Å². The summed E-state index contributed by atoms with van der Waals surface area (Å²) in [5, 5.41) is 5.29. The zero-order valence-electron chi connectivity index (χ0n) is 16.0. The number of rotatable bonds is 10. The molecule has 28 heavy (non-hydrogen) atoms. The van der Waals surface area contributed by atoms with Gasteiger partial charge in [-0.2, -0.15) is 0 Å². The van der Waals surface area contributed by atoms with Crippen LogP contribution in [0.2, 0.25) is 0 Å². The van der Waals surface area contributed by atoms with Gasteiger partial charge in [0.2, 0.25) is 18.2 Å². The van der Waals surface area contributed by atoms with E-state index >= 15 is 0 Å². The highest BCUT2D eigenvalue weighted by molar-refractivity contribution is 5.86. The predicted octanol–water partition coefficient (Wildman–Crippen LogP) is 2.64. The van der Waals surface area contributed by atoms with Crippen molar-refractivity contribution in [3.05, 3.63) is 71.3 Å². The van der Waals surface area contributed by atoms with Crippen molar-refractivity contribution in [2.45, 2.75) is 32.5 Å². The Morgan fingerprint density at radius 2 is 1.68 bits per heavy atom. The van der Waals surface area contributed by atoms with Gasteiger partial charge in [0.05, 0.1) is 13.2 Å². The van der Waals surface area contributed by atoms with Crippen molar-refractivity contribution in [1.82, 2.24) is 10.6 Å². The molecule has 0 aliphatic carbocycles. The largest absolute Gasteiger partial charge is 0.382 e. The minimum atomic E-state index is -1.48. The van der Waals surface area contributed by atoms with Crippen molar-refractivity contribution < 1.29 is 23.5 Å². The average molecular weight is 388 g/mol. The van der Waals surface area contributed by atoms with Gasteiger partial charge in [-0.05, 0) is 11.1 Å². The molecule has 0 aromatic heterocycles. The van der Waals surface area contributed by atoms with Crippen LogP contribution in [0.1, 0.15) is 30.0 Å². The van der Waals surface area contributed by atoms with Crippen LogP contribution in [-0.4, -0.2) is 31.6 Å². The number of halogens is 1. The van der Waals surface area contributed by atoms with Crippen LogP contribution in [0.5, 0.6) is 0 Å². The summed E-state index contributed by atoms with van der Waals surface area (Å²) in [5.74, 6) is -0.629. The molecule has 2 aromatic carbocycles. The maximum Gasteiger partial charge on any atom is 0.245 e. The number of amides is 2.